The molecule has 0 radical (unpaired) electrons. The van der Waals surface area contributed by atoms with Gasteiger partial charge in [0.2, 0.25) is 0 Å². The van der Waals surface area contributed by atoms with Crippen LogP contribution in [0.25, 0.3) is 33.5 Å². The largest absolute Gasteiger partial charge is 0.505 e. The molecular formula is C33H47FN4O3Si2. The highest BCUT2D eigenvalue weighted by atomic mass is 28.3. The zero-order chi connectivity index (χ0) is 30.9. The Bertz CT molecular complexity index is 1600. The van der Waals surface area contributed by atoms with Crippen molar-refractivity contribution in [3.8, 4) is 28.4 Å². The van der Waals surface area contributed by atoms with Crippen molar-refractivity contribution in [1.82, 2.24) is 19.3 Å². The molecule has 0 aliphatic heterocycles. The fraction of sp³-hybridized carbons (Fsp3) is 0.515. The first kappa shape index (κ1) is 31.6. The maximum absolute atomic E-state index is 14.5. The minimum Gasteiger partial charge on any atom is -0.505 e. The van der Waals surface area contributed by atoms with Crippen LogP contribution >= 0.6 is 0 Å². The number of benzene rings is 2. The number of nitrogens with zero attached hydrogens (tertiary/aromatic N) is 4. The summed E-state index contributed by atoms with van der Waals surface area (Å²) in [6, 6.07) is 11.3. The van der Waals surface area contributed by atoms with Crippen molar-refractivity contribution in [2.75, 3.05) is 13.2 Å². The minimum absolute atomic E-state index is 0.322. The summed E-state index contributed by atoms with van der Waals surface area (Å²) in [6.45, 7) is 18.4. The smallest absolute Gasteiger partial charge is 0.165 e. The summed E-state index contributed by atoms with van der Waals surface area (Å²) in [5, 5.41) is 16.1. The van der Waals surface area contributed by atoms with Gasteiger partial charge >= 0.3 is 0 Å². The van der Waals surface area contributed by atoms with Gasteiger partial charge in [-0.1, -0.05) is 52.3 Å². The number of hydrogen-bond acceptors (Lipinski definition) is 5. The number of aromatic nitrogens is 4. The van der Waals surface area contributed by atoms with Crippen LogP contribution in [0.4, 0.5) is 4.39 Å². The Balaban J connectivity index is 1.56. The molecule has 2 aromatic heterocycles. The number of aryl methyl sites for hydroxylation is 2. The summed E-state index contributed by atoms with van der Waals surface area (Å²) in [7, 11) is -2.44. The molecule has 0 saturated heterocycles. The van der Waals surface area contributed by atoms with Gasteiger partial charge in [-0.3, -0.25) is 0 Å². The molecule has 0 amide bonds. The van der Waals surface area contributed by atoms with Crippen molar-refractivity contribution < 1.29 is 19.0 Å². The van der Waals surface area contributed by atoms with E-state index in [1.54, 1.807) is 0 Å². The summed E-state index contributed by atoms with van der Waals surface area (Å²) < 4.78 is 31.1. The van der Waals surface area contributed by atoms with Gasteiger partial charge < -0.3 is 19.1 Å². The van der Waals surface area contributed by atoms with E-state index in [1.165, 1.54) is 17.8 Å². The second kappa shape index (κ2) is 12.7. The maximum atomic E-state index is 14.5. The van der Waals surface area contributed by atoms with Crippen LogP contribution in [0.5, 0.6) is 5.75 Å². The molecule has 10 heteroatoms. The molecule has 0 saturated carbocycles. The van der Waals surface area contributed by atoms with Crippen molar-refractivity contribution in [3.63, 3.8) is 0 Å². The van der Waals surface area contributed by atoms with Crippen LogP contribution in [0.3, 0.4) is 0 Å². The Hall–Kier alpha value is -2.80. The van der Waals surface area contributed by atoms with E-state index < -0.39 is 22.0 Å². The van der Waals surface area contributed by atoms with Gasteiger partial charge in [0, 0.05) is 40.4 Å². The molecule has 0 unspecified atom stereocenters. The molecule has 0 fully saturated rings. The average Bonchev–Trinajstić information content (AvgIpc) is 3.62. The minimum atomic E-state index is -1.24. The topological polar surface area (TPSA) is 74.3 Å². The van der Waals surface area contributed by atoms with Crippen molar-refractivity contribution in [2.45, 2.75) is 97.4 Å². The van der Waals surface area contributed by atoms with Gasteiger partial charge in [-0.2, -0.15) is 5.10 Å². The molecule has 5 rings (SSSR count). The number of halogens is 1. The first-order chi connectivity index (χ1) is 20.3. The van der Waals surface area contributed by atoms with Gasteiger partial charge in [0.05, 0.1) is 11.2 Å². The van der Waals surface area contributed by atoms with Crippen molar-refractivity contribution in [2.24, 2.45) is 0 Å². The van der Waals surface area contributed by atoms with Gasteiger partial charge in [-0.15, -0.1) is 0 Å². The number of imidazole rings is 1. The molecule has 1 aliphatic rings. The highest BCUT2D eigenvalue weighted by Crippen LogP contribution is 2.36. The third-order valence-corrected chi connectivity index (χ3v) is 11.6. The molecule has 2 aromatic carbocycles. The number of ether oxygens (including phenoxy) is 2. The van der Waals surface area contributed by atoms with Gasteiger partial charge in [-0.25, -0.2) is 14.1 Å². The van der Waals surface area contributed by atoms with Crippen molar-refractivity contribution >= 4 is 27.1 Å². The lowest BCUT2D eigenvalue weighted by Crippen LogP contribution is -2.22. The highest BCUT2D eigenvalue weighted by molar-refractivity contribution is 6.76. The summed E-state index contributed by atoms with van der Waals surface area (Å²) in [4.78, 5) is 5.11. The maximum Gasteiger partial charge on any atom is 0.165 e. The summed E-state index contributed by atoms with van der Waals surface area (Å²) in [6.07, 6.45) is 3.75. The van der Waals surface area contributed by atoms with E-state index in [-0.39, 0.29) is 5.75 Å². The Kier molecular flexibility index (Phi) is 9.32. The average molecular weight is 623 g/mol. The zero-order valence-electron chi connectivity index (χ0n) is 26.9. The summed E-state index contributed by atoms with van der Waals surface area (Å²) in [5.41, 5.74) is 6.64. The standard InChI is InChI=1S/C33H47FN4O3Si2/c1-8-23-19-31(39)27(34)20-26(23)24-12-13-25-30(18-24)38(22-41-15-17-43(5,6)7)36-32(25)33-35-28-10-9-11-29(28)37(33)21-40-14-16-42(2,3)4/h12-13,18-20,39H,8-11,14-17,21-22H2,1-7H3. The first-order valence-corrected chi connectivity index (χ1v) is 23.0. The summed E-state index contributed by atoms with van der Waals surface area (Å²) >= 11 is 0. The van der Waals surface area contributed by atoms with Gasteiger partial charge in [0.1, 0.15) is 19.2 Å². The SMILES string of the molecule is CCc1cc(O)c(F)cc1-c1ccc2c(-c3nc4c(n3COCC[Si](C)(C)C)CCC4)nn(COCC[Si](C)(C)C)c2c1. The van der Waals surface area contributed by atoms with Gasteiger partial charge in [0.25, 0.3) is 0 Å². The quantitative estimate of drug-likeness (QED) is 0.121. The fourth-order valence-corrected chi connectivity index (χ4v) is 7.11. The molecule has 232 valence electrons. The number of phenolic OH excluding ortho intramolecular Hbond substituents is 1. The van der Waals surface area contributed by atoms with E-state index in [0.29, 0.717) is 26.5 Å². The molecule has 7 nitrogen and oxygen atoms in total. The van der Waals surface area contributed by atoms with Crippen LogP contribution in [0.15, 0.2) is 30.3 Å². The molecule has 1 aliphatic carbocycles. The van der Waals surface area contributed by atoms with Gasteiger partial charge in [-0.05, 0) is 78.7 Å². The number of fused-ring (bicyclic) bond motifs is 2. The predicted molar refractivity (Wildman–Crippen MR) is 178 cm³/mol. The van der Waals surface area contributed by atoms with Crippen LogP contribution in [0, 0.1) is 5.82 Å². The Morgan fingerprint density at radius 2 is 1.63 bits per heavy atom. The molecule has 1 N–H and O–H groups in total. The number of phenols is 1. The number of hydrogen-bond donors (Lipinski definition) is 1. The first-order valence-electron chi connectivity index (χ1n) is 15.6. The normalized spacial score (nSPS) is 13.8. The lowest BCUT2D eigenvalue weighted by Gasteiger charge is -2.16. The zero-order valence-corrected chi connectivity index (χ0v) is 28.9. The number of aromatic hydroxyl groups is 1. The van der Waals surface area contributed by atoms with E-state index in [2.05, 4.69) is 56.0 Å². The van der Waals surface area contributed by atoms with Crippen molar-refractivity contribution in [3.05, 3.63) is 53.1 Å². The number of rotatable bonds is 13. The second-order valence-electron chi connectivity index (χ2n) is 14.2. The molecule has 0 bridgehead atoms. The predicted octanol–water partition coefficient (Wildman–Crippen LogP) is 8.09. The van der Waals surface area contributed by atoms with E-state index >= 15 is 0 Å². The van der Waals surface area contributed by atoms with Crippen molar-refractivity contribution in [1.29, 1.82) is 0 Å². The second-order valence-corrected chi connectivity index (χ2v) is 25.4. The molecular weight excluding hydrogens is 576 g/mol. The van der Waals surface area contributed by atoms with Crippen LogP contribution in [-0.4, -0.2) is 53.8 Å². The monoisotopic (exact) mass is 622 g/mol. The van der Waals surface area contributed by atoms with Crippen LogP contribution in [0.2, 0.25) is 51.4 Å². The van der Waals surface area contributed by atoms with Crippen LogP contribution < -0.4 is 0 Å². The molecule has 0 atom stereocenters. The van der Waals surface area contributed by atoms with E-state index in [1.807, 2.05) is 17.7 Å². The van der Waals surface area contributed by atoms with E-state index in [9.17, 15) is 9.50 Å². The van der Waals surface area contributed by atoms with Crippen LogP contribution in [-0.2, 0) is 42.2 Å². The molecule has 4 aromatic rings. The molecule has 0 spiro atoms. The van der Waals surface area contributed by atoms with E-state index in [4.69, 9.17) is 19.6 Å². The van der Waals surface area contributed by atoms with Crippen LogP contribution in [0.1, 0.15) is 30.3 Å². The summed E-state index contributed by atoms with van der Waals surface area (Å²) in [5.74, 6) is -0.111. The Morgan fingerprint density at radius 3 is 2.30 bits per heavy atom. The lowest BCUT2D eigenvalue weighted by molar-refractivity contribution is 0.0815. The molecule has 43 heavy (non-hydrogen) atoms. The highest BCUT2D eigenvalue weighted by Gasteiger charge is 2.26. The Labute approximate surface area is 257 Å². The lowest BCUT2D eigenvalue weighted by atomic mass is 9.96. The third kappa shape index (κ3) is 7.30. The Morgan fingerprint density at radius 1 is 0.930 bits per heavy atom. The third-order valence-electron chi connectivity index (χ3n) is 8.24. The van der Waals surface area contributed by atoms with E-state index in [0.717, 1.165) is 82.8 Å². The molecule has 2 heterocycles. The fourth-order valence-electron chi connectivity index (χ4n) is 5.59. The van der Waals surface area contributed by atoms with Gasteiger partial charge in [0.15, 0.2) is 17.4 Å².